The molecule has 0 bridgehead atoms. The molecule has 0 aromatic carbocycles. The molecular weight excluding hydrogens is 232 g/mol. The Morgan fingerprint density at radius 2 is 1.05 bits per heavy atom. The lowest BCUT2D eigenvalue weighted by Gasteiger charge is -2.13. The van der Waals surface area contributed by atoms with Crippen LogP contribution in [0.5, 0.6) is 0 Å². The minimum absolute atomic E-state index is 0.841. The van der Waals surface area contributed by atoms with E-state index >= 15 is 0 Å². The largest absolute Gasteiger partial charge is 0.381 e. The third-order valence-corrected chi connectivity index (χ3v) is 4.11. The van der Waals surface area contributed by atoms with Crippen molar-refractivity contribution in [2.24, 2.45) is 11.8 Å². The van der Waals surface area contributed by atoms with Gasteiger partial charge in [0.2, 0.25) is 0 Å². The molecule has 0 rings (SSSR count). The topological polar surface area (TPSA) is 9.23 Å². The first-order valence-electron chi connectivity index (χ1n) is 8.78. The Balaban J connectivity index is 3.24. The highest BCUT2D eigenvalue weighted by Crippen LogP contribution is 2.15. The summed E-state index contributed by atoms with van der Waals surface area (Å²) in [6.45, 7) is 11.2. The van der Waals surface area contributed by atoms with E-state index in [0.717, 1.165) is 25.0 Å². The molecule has 0 aliphatic rings. The molecule has 1 nitrogen and oxygen atoms in total. The van der Waals surface area contributed by atoms with E-state index in [2.05, 4.69) is 27.7 Å². The molecule has 0 aliphatic heterocycles. The lowest BCUT2D eigenvalue weighted by atomic mass is 10.00. The van der Waals surface area contributed by atoms with Crippen LogP contribution in [0.4, 0.5) is 0 Å². The Morgan fingerprint density at radius 3 is 1.42 bits per heavy atom. The van der Waals surface area contributed by atoms with Crippen LogP contribution in [0.25, 0.3) is 0 Å². The molecule has 116 valence electrons. The van der Waals surface area contributed by atoms with Crippen LogP contribution in [0.3, 0.4) is 0 Å². The van der Waals surface area contributed by atoms with E-state index in [0.29, 0.717) is 0 Å². The lowest BCUT2D eigenvalue weighted by molar-refractivity contribution is 0.108. The molecule has 2 unspecified atom stereocenters. The van der Waals surface area contributed by atoms with E-state index in [1.807, 2.05) is 0 Å². The summed E-state index contributed by atoms with van der Waals surface area (Å²) in [6.07, 6.45) is 13.5. The predicted molar refractivity (Wildman–Crippen MR) is 86.7 cm³/mol. The van der Waals surface area contributed by atoms with E-state index in [9.17, 15) is 0 Å². The zero-order valence-electron chi connectivity index (χ0n) is 14.0. The van der Waals surface area contributed by atoms with Crippen molar-refractivity contribution in [1.29, 1.82) is 0 Å². The van der Waals surface area contributed by atoms with Crippen molar-refractivity contribution in [3.8, 4) is 0 Å². The van der Waals surface area contributed by atoms with Crippen molar-refractivity contribution in [1.82, 2.24) is 0 Å². The molecule has 0 saturated carbocycles. The molecule has 0 aromatic heterocycles. The van der Waals surface area contributed by atoms with E-state index in [-0.39, 0.29) is 0 Å². The average molecular weight is 271 g/mol. The summed E-state index contributed by atoms with van der Waals surface area (Å²) < 4.78 is 5.79. The summed E-state index contributed by atoms with van der Waals surface area (Å²) in [5.41, 5.74) is 0. The van der Waals surface area contributed by atoms with Crippen LogP contribution in [0.15, 0.2) is 0 Å². The molecule has 0 N–H and O–H groups in total. The third-order valence-electron chi connectivity index (χ3n) is 4.11. The van der Waals surface area contributed by atoms with Gasteiger partial charge in [0.15, 0.2) is 0 Å². The molecule has 0 aliphatic carbocycles. The highest BCUT2D eigenvalue weighted by atomic mass is 16.5. The highest BCUT2D eigenvalue weighted by molar-refractivity contribution is 4.55. The lowest BCUT2D eigenvalue weighted by Crippen LogP contribution is -2.06. The summed E-state index contributed by atoms with van der Waals surface area (Å²) in [5.74, 6) is 1.68. The minimum Gasteiger partial charge on any atom is -0.381 e. The van der Waals surface area contributed by atoms with Gasteiger partial charge in [0.1, 0.15) is 0 Å². The van der Waals surface area contributed by atoms with Crippen LogP contribution in [0, 0.1) is 11.8 Å². The summed E-state index contributed by atoms with van der Waals surface area (Å²) in [5, 5.41) is 0. The standard InChI is InChI=1S/C18H38O/c1-5-7-9-11-17(3)13-15-19-16-14-18(4)12-10-8-6-2/h17-18H,5-16H2,1-4H3. The Hall–Kier alpha value is -0.0400. The normalized spacial score (nSPS) is 14.5. The number of ether oxygens (including phenoxy) is 1. The Kier molecular flexibility index (Phi) is 14.3. The average Bonchev–Trinajstić information content (AvgIpc) is 2.39. The second-order valence-electron chi connectivity index (χ2n) is 6.39. The summed E-state index contributed by atoms with van der Waals surface area (Å²) in [4.78, 5) is 0. The maximum absolute atomic E-state index is 5.79. The summed E-state index contributed by atoms with van der Waals surface area (Å²) in [7, 11) is 0. The minimum atomic E-state index is 0.841. The third kappa shape index (κ3) is 14.2. The van der Waals surface area contributed by atoms with E-state index in [1.54, 1.807) is 0 Å². The van der Waals surface area contributed by atoms with Gasteiger partial charge in [0.05, 0.1) is 0 Å². The van der Waals surface area contributed by atoms with Gasteiger partial charge in [-0.3, -0.25) is 0 Å². The Bertz CT molecular complexity index is 149. The molecule has 2 atom stereocenters. The molecule has 1 heteroatoms. The molecular formula is C18H38O. The molecule has 0 amide bonds. The first-order chi connectivity index (χ1) is 9.20. The molecule has 0 aromatic rings. The van der Waals surface area contributed by atoms with Crippen LogP contribution in [-0.4, -0.2) is 13.2 Å². The van der Waals surface area contributed by atoms with Crippen LogP contribution < -0.4 is 0 Å². The highest BCUT2D eigenvalue weighted by Gasteiger charge is 2.04. The molecule has 0 fully saturated rings. The van der Waals surface area contributed by atoms with Crippen LogP contribution in [-0.2, 0) is 4.74 Å². The van der Waals surface area contributed by atoms with Crippen LogP contribution in [0.2, 0.25) is 0 Å². The first-order valence-corrected chi connectivity index (χ1v) is 8.78. The van der Waals surface area contributed by atoms with Crippen molar-refractivity contribution in [2.45, 2.75) is 91.9 Å². The van der Waals surface area contributed by atoms with Crippen LogP contribution >= 0.6 is 0 Å². The Morgan fingerprint density at radius 1 is 0.632 bits per heavy atom. The Labute approximate surface area is 122 Å². The number of rotatable bonds is 14. The van der Waals surface area contributed by atoms with Crippen molar-refractivity contribution < 1.29 is 4.74 Å². The number of hydrogen-bond acceptors (Lipinski definition) is 1. The fraction of sp³-hybridized carbons (Fsp3) is 1.00. The zero-order valence-corrected chi connectivity index (χ0v) is 14.0. The first kappa shape index (κ1) is 19.0. The van der Waals surface area contributed by atoms with Crippen molar-refractivity contribution in [3.05, 3.63) is 0 Å². The zero-order chi connectivity index (χ0) is 14.3. The van der Waals surface area contributed by atoms with Gasteiger partial charge in [0.25, 0.3) is 0 Å². The maximum atomic E-state index is 5.79. The predicted octanol–water partition coefficient (Wildman–Crippen LogP) is 6.22. The van der Waals surface area contributed by atoms with Crippen molar-refractivity contribution in [3.63, 3.8) is 0 Å². The van der Waals surface area contributed by atoms with Crippen molar-refractivity contribution >= 4 is 0 Å². The fourth-order valence-corrected chi connectivity index (χ4v) is 2.45. The number of hydrogen-bond donors (Lipinski definition) is 0. The van der Waals surface area contributed by atoms with Gasteiger partial charge in [-0.15, -0.1) is 0 Å². The molecule has 0 heterocycles. The van der Waals surface area contributed by atoms with Gasteiger partial charge in [-0.2, -0.15) is 0 Å². The molecule has 0 spiro atoms. The second-order valence-corrected chi connectivity index (χ2v) is 6.39. The quantitative estimate of drug-likeness (QED) is 0.341. The SMILES string of the molecule is CCCCCC(C)CCOCCC(C)CCCCC. The van der Waals surface area contributed by atoms with Crippen molar-refractivity contribution in [2.75, 3.05) is 13.2 Å². The molecule has 0 radical (unpaired) electrons. The van der Waals surface area contributed by atoms with E-state index in [1.165, 1.54) is 64.2 Å². The van der Waals surface area contributed by atoms with Gasteiger partial charge >= 0.3 is 0 Å². The summed E-state index contributed by atoms with van der Waals surface area (Å²) >= 11 is 0. The molecule has 19 heavy (non-hydrogen) atoms. The van der Waals surface area contributed by atoms with Gasteiger partial charge in [-0.25, -0.2) is 0 Å². The van der Waals surface area contributed by atoms with Gasteiger partial charge in [-0.05, 0) is 24.7 Å². The smallest absolute Gasteiger partial charge is 0.0468 e. The van der Waals surface area contributed by atoms with Gasteiger partial charge in [0, 0.05) is 13.2 Å². The maximum Gasteiger partial charge on any atom is 0.0468 e. The number of unbranched alkanes of at least 4 members (excludes halogenated alkanes) is 4. The fourth-order valence-electron chi connectivity index (χ4n) is 2.45. The van der Waals surface area contributed by atoms with E-state index < -0.39 is 0 Å². The molecule has 0 saturated heterocycles. The second kappa shape index (κ2) is 14.4. The summed E-state index contributed by atoms with van der Waals surface area (Å²) in [6, 6.07) is 0. The van der Waals surface area contributed by atoms with E-state index in [4.69, 9.17) is 4.74 Å². The van der Waals surface area contributed by atoms with Crippen LogP contribution in [0.1, 0.15) is 91.9 Å². The van der Waals surface area contributed by atoms with Gasteiger partial charge < -0.3 is 4.74 Å². The monoisotopic (exact) mass is 270 g/mol. The van der Waals surface area contributed by atoms with Gasteiger partial charge in [-0.1, -0.05) is 79.1 Å².